The number of benzene rings is 2. The van der Waals surface area contributed by atoms with E-state index < -0.39 is 0 Å². The van der Waals surface area contributed by atoms with Gasteiger partial charge in [-0.25, -0.2) is 0 Å². The van der Waals surface area contributed by atoms with Gasteiger partial charge >= 0.3 is 0 Å². The van der Waals surface area contributed by atoms with E-state index >= 15 is 0 Å². The summed E-state index contributed by atoms with van der Waals surface area (Å²) in [6.07, 6.45) is 0.986. The predicted molar refractivity (Wildman–Crippen MR) is 106 cm³/mol. The lowest BCUT2D eigenvalue weighted by Crippen LogP contribution is -2.28. The third-order valence-corrected chi connectivity index (χ3v) is 5.68. The highest BCUT2D eigenvalue weighted by Gasteiger charge is 2.19. The van der Waals surface area contributed by atoms with Crippen molar-refractivity contribution in [3.8, 4) is 0 Å². The van der Waals surface area contributed by atoms with Crippen molar-refractivity contribution < 1.29 is 4.79 Å². The number of halogens is 2. The molecule has 0 aliphatic carbocycles. The van der Waals surface area contributed by atoms with Crippen LogP contribution in [0.4, 0.5) is 0 Å². The van der Waals surface area contributed by atoms with E-state index in [0.717, 1.165) is 16.9 Å². The molecule has 1 amide bonds. The fourth-order valence-corrected chi connectivity index (χ4v) is 3.67. The van der Waals surface area contributed by atoms with E-state index in [-0.39, 0.29) is 11.9 Å². The highest BCUT2D eigenvalue weighted by Crippen LogP contribution is 2.28. The minimum absolute atomic E-state index is 0.184. The number of hydrogen-bond acceptors (Lipinski definition) is 2. The fourth-order valence-electron chi connectivity index (χ4n) is 2.57. The van der Waals surface area contributed by atoms with Crippen molar-refractivity contribution >= 4 is 40.4 Å². The van der Waals surface area contributed by atoms with Crippen molar-refractivity contribution in [3.63, 3.8) is 0 Å². The number of thiophene rings is 1. The van der Waals surface area contributed by atoms with Crippen molar-refractivity contribution in [2.75, 3.05) is 0 Å². The van der Waals surface area contributed by atoms with Gasteiger partial charge < -0.3 is 5.32 Å². The van der Waals surface area contributed by atoms with Crippen LogP contribution in [-0.4, -0.2) is 5.91 Å². The first-order chi connectivity index (χ1) is 12.1. The summed E-state index contributed by atoms with van der Waals surface area (Å²) in [6, 6.07) is 17.0. The van der Waals surface area contributed by atoms with E-state index in [1.807, 2.05) is 17.5 Å². The molecular formula is C20H17Cl2NOS. The van der Waals surface area contributed by atoms with Crippen LogP contribution in [0.1, 0.15) is 39.3 Å². The molecule has 0 radical (unpaired) electrons. The molecule has 0 unspecified atom stereocenters. The maximum atomic E-state index is 12.7. The summed E-state index contributed by atoms with van der Waals surface area (Å²) in [6.45, 7) is 2.12. The van der Waals surface area contributed by atoms with Crippen LogP contribution in [-0.2, 0) is 6.42 Å². The second-order valence-electron chi connectivity index (χ2n) is 5.65. The zero-order valence-electron chi connectivity index (χ0n) is 13.6. The van der Waals surface area contributed by atoms with E-state index in [1.54, 1.807) is 29.5 Å². The van der Waals surface area contributed by atoms with Crippen LogP contribution < -0.4 is 5.32 Å². The predicted octanol–water partition coefficient (Wildman–Crippen LogP) is 6.14. The monoisotopic (exact) mass is 389 g/mol. The fraction of sp³-hybridized carbons (Fsp3) is 0.150. The Morgan fingerprint density at radius 2 is 1.84 bits per heavy atom. The van der Waals surface area contributed by atoms with Gasteiger partial charge in [0.25, 0.3) is 5.91 Å². The van der Waals surface area contributed by atoms with Crippen molar-refractivity contribution in [3.05, 3.63) is 91.6 Å². The molecule has 2 nitrogen and oxygen atoms in total. The summed E-state index contributed by atoms with van der Waals surface area (Å²) < 4.78 is 0. The molecule has 0 aliphatic rings. The van der Waals surface area contributed by atoms with Crippen LogP contribution in [0, 0.1) is 0 Å². The second-order valence-corrected chi connectivity index (χ2v) is 7.44. The Balaban J connectivity index is 1.89. The van der Waals surface area contributed by atoms with Crippen LogP contribution in [0.25, 0.3) is 0 Å². The van der Waals surface area contributed by atoms with Crippen molar-refractivity contribution in [1.29, 1.82) is 0 Å². The van der Waals surface area contributed by atoms with E-state index in [0.29, 0.717) is 15.6 Å². The van der Waals surface area contributed by atoms with Crippen LogP contribution in [0.5, 0.6) is 0 Å². The SMILES string of the molecule is CCc1ccc([C@H](NC(=O)c2ccc(Cl)c(Cl)c2)c2cccs2)cc1. The molecule has 1 heterocycles. The summed E-state index contributed by atoms with van der Waals surface area (Å²) >= 11 is 13.6. The zero-order valence-corrected chi connectivity index (χ0v) is 16.0. The third-order valence-electron chi connectivity index (χ3n) is 4.01. The highest BCUT2D eigenvalue weighted by molar-refractivity contribution is 7.10. The highest BCUT2D eigenvalue weighted by atomic mass is 35.5. The largest absolute Gasteiger partial charge is 0.340 e. The Labute approximate surface area is 161 Å². The van der Waals surface area contributed by atoms with Gasteiger partial charge in [0, 0.05) is 10.4 Å². The summed E-state index contributed by atoms with van der Waals surface area (Å²) in [5.41, 5.74) is 2.80. The van der Waals surface area contributed by atoms with E-state index in [4.69, 9.17) is 23.2 Å². The average molecular weight is 390 g/mol. The Kier molecular flexibility index (Phi) is 5.79. The molecule has 0 saturated heterocycles. The van der Waals surface area contributed by atoms with Crippen molar-refractivity contribution in [2.45, 2.75) is 19.4 Å². The Morgan fingerprint density at radius 1 is 1.08 bits per heavy atom. The van der Waals surface area contributed by atoms with Gasteiger partial charge in [-0.15, -0.1) is 11.3 Å². The van der Waals surface area contributed by atoms with Gasteiger partial charge in [0.15, 0.2) is 0 Å². The molecule has 1 aromatic heterocycles. The number of aryl methyl sites for hydroxylation is 1. The van der Waals surface area contributed by atoms with Crippen LogP contribution in [0.2, 0.25) is 10.0 Å². The van der Waals surface area contributed by atoms with Crippen LogP contribution >= 0.6 is 34.5 Å². The molecule has 1 atom stereocenters. The molecule has 2 aromatic carbocycles. The molecule has 3 aromatic rings. The summed E-state index contributed by atoms with van der Waals surface area (Å²) in [4.78, 5) is 13.8. The topological polar surface area (TPSA) is 29.1 Å². The van der Waals surface area contributed by atoms with E-state index in [9.17, 15) is 4.79 Å². The summed E-state index contributed by atoms with van der Waals surface area (Å²) in [5.74, 6) is -0.184. The lowest BCUT2D eigenvalue weighted by molar-refractivity contribution is 0.0943. The number of carbonyl (C=O) groups is 1. The molecule has 25 heavy (non-hydrogen) atoms. The molecule has 3 rings (SSSR count). The van der Waals surface area contributed by atoms with Gasteiger partial charge in [-0.1, -0.05) is 60.5 Å². The quantitative estimate of drug-likeness (QED) is 0.557. The Bertz CT molecular complexity index is 860. The van der Waals surface area contributed by atoms with Crippen molar-refractivity contribution in [2.24, 2.45) is 0 Å². The third kappa shape index (κ3) is 4.24. The number of nitrogens with one attached hydrogen (secondary N) is 1. The average Bonchev–Trinajstić information content (AvgIpc) is 3.16. The zero-order chi connectivity index (χ0) is 17.8. The lowest BCUT2D eigenvalue weighted by Gasteiger charge is -2.19. The number of hydrogen-bond donors (Lipinski definition) is 1. The number of carbonyl (C=O) groups excluding carboxylic acids is 1. The number of amides is 1. The van der Waals surface area contributed by atoms with Crippen LogP contribution in [0.3, 0.4) is 0 Å². The Morgan fingerprint density at radius 3 is 2.44 bits per heavy atom. The first-order valence-corrected chi connectivity index (χ1v) is 9.60. The van der Waals surface area contributed by atoms with Gasteiger partial charge in [-0.2, -0.15) is 0 Å². The maximum Gasteiger partial charge on any atom is 0.252 e. The first kappa shape index (κ1) is 18.0. The van der Waals surface area contributed by atoms with Gasteiger partial charge in [-0.05, 0) is 47.2 Å². The van der Waals surface area contributed by atoms with E-state index in [1.165, 1.54) is 5.56 Å². The van der Waals surface area contributed by atoms with E-state index in [2.05, 4.69) is 36.5 Å². The van der Waals surface area contributed by atoms with Crippen LogP contribution in [0.15, 0.2) is 60.0 Å². The second kappa shape index (κ2) is 8.05. The van der Waals surface area contributed by atoms with Crippen molar-refractivity contribution in [1.82, 2.24) is 5.32 Å². The number of rotatable bonds is 5. The normalized spacial score (nSPS) is 12.0. The minimum Gasteiger partial charge on any atom is -0.340 e. The molecule has 128 valence electrons. The molecular weight excluding hydrogens is 373 g/mol. The van der Waals surface area contributed by atoms with Gasteiger partial charge in [0.05, 0.1) is 16.1 Å². The summed E-state index contributed by atoms with van der Waals surface area (Å²) in [7, 11) is 0. The standard InChI is InChI=1S/C20H17Cl2NOS/c1-2-13-5-7-14(8-6-13)19(18-4-3-11-25-18)23-20(24)15-9-10-16(21)17(22)12-15/h3-12,19H,2H2,1H3,(H,23,24)/t19-/m0/s1. The van der Waals surface area contributed by atoms with Gasteiger partial charge in [-0.3, -0.25) is 4.79 Å². The molecule has 0 bridgehead atoms. The molecule has 0 spiro atoms. The van der Waals surface area contributed by atoms with Gasteiger partial charge in [0.1, 0.15) is 0 Å². The first-order valence-electron chi connectivity index (χ1n) is 7.96. The molecule has 0 saturated carbocycles. The molecule has 1 N–H and O–H groups in total. The molecule has 0 fully saturated rings. The smallest absolute Gasteiger partial charge is 0.252 e. The minimum atomic E-state index is -0.201. The Hall–Kier alpha value is -1.81. The summed E-state index contributed by atoms with van der Waals surface area (Å²) in [5, 5.41) is 5.92. The maximum absolute atomic E-state index is 12.7. The molecule has 5 heteroatoms. The van der Waals surface area contributed by atoms with Gasteiger partial charge in [0.2, 0.25) is 0 Å². The lowest BCUT2D eigenvalue weighted by atomic mass is 10.0. The molecule has 0 aliphatic heterocycles.